The fourth-order valence-electron chi connectivity index (χ4n) is 0.558. The van der Waals surface area contributed by atoms with Crippen LogP contribution in [0.3, 0.4) is 0 Å². The van der Waals surface area contributed by atoms with Crippen LogP contribution in [-0.4, -0.2) is 5.84 Å². The van der Waals surface area contributed by atoms with Gasteiger partial charge in [0.1, 0.15) is 5.84 Å². The minimum absolute atomic E-state index is 0.0911. The monoisotopic (exact) mass is 152 g/mol. The summed E-state index contributed by atoms with van der Waals surface area (Å²) in [6, 6.07) is 3.94. The van der Waals surface area contributed by atoms with Crippen LogP contribution in [0.5, 0.6) is 0 Å². The van der Waals surface area contributed by atoms with Crippen molar-refractivity contribution in [3.05, 3.63) is 28.5 Å². The first-order valence-electron chi connectivity index (χ1n) is 2.84. The molecule has 0 fully saturated rings. The number of amidine groups is 1. The van der Waals surface area contributed by atoms with Crippen LogP contribution < -0.4 is 5.73 Å². The van der Waals surface area contributed by atoms with E-state index in [9.17, 15) is 0 Å². The smallest absolute Gasteiger partial charge is 0.115 e. The molecule has 1 rings (SSSR count). The number of hydrogen-bond acceptors (Lipinski definition) is 2. The van der Waals surface area contributed by atoms with Crippen LogP contribution in [0.1, 0.15) is 4.88 Å². The SMILES string of the molecule is N=C(N)/C=C/c1cccs1. The van der Waals surface area contributed by atoms with Gasteiger partial charge in [0, 0.05) is 4.88 Å². The standard InChI is InChI=1S/C7H8N2S/c8-7(9)4-3-6-2-1-5-10-6/h1-5H,(H3,8,9)/b4-3+. The molecule has 0 saturated carbocycles. The Bertz CT molecular complexity index is 236. The zero-order chi connectivity index (χ0) is 7.40. The highest BCUT2D eigenvalue weighted by Gasteiger charge is 1.84. The van der Waals surface area contributed by atoms with Crippen molar-refractivity contribution < 1.29 is 0 Å². The maximum absolute atomic E-state index is 6.89. The summed E-state index contributed by atoms with van der Waals surface area (Å²) in [7, 11) is 0. The summed E-state index contributed by atoms with van der Waals surface area (Å²) in [5, 5.41) is 8.88. The Labute approximate surface area is 63.5 Å². The predicted octanol–water partition coefficient (Wildman–Crippen LogP) is 1.70. The van der Waals surface area contributed by atoms with Crippen molar-refractivity contribution in [2.24, 2.45) is 5.73 Å². The Kier molecular flexibility index (Phi) is 2.23. The molecule has 0 aliphatic heterocycles. The minimum Gasteiger partial charge on any atom is -0.384 e. The van der Waals surface area contributed by atoms with Gasteiger partial charge in [-0.3, -0.25) is 5.41 Å². The lowest BCUT2D eigenvalue weighted by Gasteiger charge is -1.82. The van der Waals surface area contributed by atoms with Crippen molar-refractivity contribution in [2.45, 2.75) is 0 Å². The number of nitrogens with two attached hydrogens (primary N) is 1. The molecule has 0 radical (unpaired) electrons. The molecule has 0 amide bonds. The lowest BCUT2D eigenvalue weighted by atomic mass is 10.4. The molecule has 2 nitrogen and oxygen atoms in total. The average molecular weight is 152 g/mol. The van der Waals surface area contributed by atoms with Gasteiger partial charge in [-0.2, -0.15) is 0 Å². The first-order valence-corrected chi connectivity index (χ1v) is 3.72. The van der Waals surface area contributed by atoms with Gasteiger partial charge in [0.2, 0.25) is 0 Å². The second-order valence-corrected chi connectivity index (χ2v) is 2.78. The van der Waals surface area contributed by atoms with Gasteiger partial charge < -0.3 is 5.73 Å². The molecule has 0 spiro atoms. The summed E-state index contributed by atoms with van der Waals surface area (Å²) in [5.41, 5.74) is 5.11. The highest BCUT2D eigenvalue weighted by atomic mass is 32.1. The topological polar surface area (TPSA) is 49.9 Å². The molecule has 0 aliphatic carbocycles. The van der Waals surface area contributed by atoms with Crippen molar-refractivity contribution in [2.75, 3.05) is 0 Å². The quantitative estimate of drug-likeness (QED) is 0.491. The van der Waals surface area contributed by atoms with Crippen molar-refractivity contribution >= 4 is 23.2 Å². The lowest BCUT2D eigenvalue weighted by Crippen LogP contribution is -2.03. The fourth-order valence-corrected chi connectivity index (χ4v) is 1.18. The van der Waals surface area contributed by atoms with Gasteiger partial charge in [-0.15, -0.1) is 11.3 Å². The molecule has 1 aromatic heterocycles. The van der Waals surface area contributed by atoms with Crippen LogP contribution in [0.4, 0.5) is 0 Å². The zero-order valence-electron chi connectivity index (χ0n) is 5.37. The van der Waals surface area contributed by atoms with Crippen LogP contribution in [0, 0.1) is 5.41 Å². The van der Waals surface area contributed by atoms with Crippen LogP contribution in [0.15, 0.2) is 23.6 Å². The Morgan fingerprint density at radius 3 is 3.00 bits per heavy atom. The molecule has 0 aromatic carbocycles. The van der Waals surface area contributed by atoms with E-state index in [0.717, 1.165) is 4.88 Å². The molecule has 1 aromatic rings. The van der Waals surface area contributed by atoms with Crippen molar-refractivity contribution in [3.63, 3.8) is 0 Å². The van der Waals surface area contributed by atoms with E-state index in [0.29, 0.717) is 0 Å². The number of thiophene rings is 1. The number of rotatable bonds is 2. The molecule has 3 heteroatoms. The zero-order valence-corrected chi connectivity index (χ0v) is 6.19. The van der Waals surface area contributed by atoms with Crippen molar-refractivity contribution in [1.29, 1.82) is 5.41 Å². The largest absolute Gasteiger partial charge is 0.384 e. The molecule has 0 unspecified atom stereocenters. The van der Waals surface area contributed by atoms with E-state index < -0.39 is 0 Å². The van der Waals surface area contributed by atoms with Gasteiger partial charge in [0.15, 0.2) is 0 Å². The van der Waals surface area contributed by atoms with Gasteiger partial charge >= 0.3 is 0 Å². The molecule has 10 heavy (non-hydrogen) atoms. The van der Waals surface area contributed by atoms with Crippen molar-refractivity contribution in [3.8, 4) is 0 Å². The van der Waals surface area contributed by atoms with Crippen LogP contribution >= 0.6 is 11.3 Å². The third kappa shape index (κ3) is 2.03. The van der Waals surface area contributed by atoms with E-state index in [4.69, 9.17) is 11.1 Å². The van der Waals surface area contributed by atoms with Gasteiger partial charge in [-0.1, -0.05) is 6.07 Å². The number of nitrogens with one attached hydrogen (secondary N) is 1. The lowest BCUT2D eigenvalue weighted by molar-refractivity contribution is 1.47. The Morgan fingerprint density at radius 1 is 1.70 bits per heavy atom. The van der Waals surface area contributed by atoms with Gasteiger partial charge in [0.25, 0.3) is 0 Å². The summed E-state index contributed by atoms with van der Waals surface area (Å²) in [6.07, 6.45) is 3.40. The Balaban J connectivity index is 2.64. The molecule has 0 bridgehead atoms. The van der Waals surface area contributed by atoms with Crippen LogP contribution in [-0.2, 0) is 0 Å². The molecule has 52 valence electrons. The molecule has 1 heterocycles. The highest BCUT2D eigenvalue weighted by Crippen LogP contribution is 2.09. The van der Waals surface area contributed by atoms with E-state index in [-0.39, 0.29) is 5.84 Å². The van der Waals surface area contributed by atoms with E-state index in [2.05, 4.69) is 0 Å². The highest BCUT2D eigenvalue weighted by molar-refractivity contribution is 7.10. The van der Waals surface area contributed by atoms with Crippen LogP contribution in [0.25, 0.3) is 6.08 Å². The normalized spacial score (nSPS) is 10.4. The van der Waals surface area contributed by atoms with Gasteiger partial charge in [-0.25, -0.2) is 0 Å². The Hall–Kier alpha value is -1.09. The average Bonchev–Trinajstić information content (AvgIpc) is 2.34. The summed E-state index contributed by atoms with van der Waals surface area (Å²) < 4.78 is 0. The summed E-state index contributed by atoms with van der Waals surface area (Å²) >= 11 is 1.63. The van der Waals surface area contributed by atoms with Gasteiger partial charge in [-0.05, 0) is 23.6 Å². The summed E-state index contributed by atoms with van der Waals surface area (Å²) in [6.45, 7) is 0. The molecular formula is C7H8N2S. The number of hydrogen-bond donors (Lipinski definition) is 2. The van der Waals surface area contributed by atoms with E-state index >= 15 is 0 Å². The molecule has 3 N–H and O–H groups in total. The minimum atomic E-state index is 0.0911. The molecule has 0 atom stereocenters. The third-order valence-corrected chi connectivity index (χ3v) is 1.81. The summed E-state index contributed by atoms with van der Waals surface area (Å²) in [5.74, 6) is 0.0911. The van der Waals surface area contributed by atoms with Crippen molar-refractivity contribution in [1.82, 2.24) is 0 Å². The van der Waals surface area contributed by atoms with Crippen LogP contribution in [0.2, 0.25) is 0 Å². The molecule has 0 saturated heterocycles. The van der Waals surface area contributed by atoms with E-state index in [1.807, 2.05) is 23.6 Å². The second kappa shape index (κ2) is 3.17. The Morgan fingerprint density at radius 2 is 2.50 bits per heavy atom. The predicted molar refractivity (Wildman–Crippen MR) is 45.3 cm³/mol. The van der Waals surface area contributed by atoms with E-state index in [1.165, 1.54) is 0 Å². The molecular weight excluding hydrogens is 144 g/mol. The maximum Gasteiger partial charge on any atom is 0.115 e. The first kappa shape index (κ1) is 7.02. The third-order valence-electron chi connectivity index (χ3n) is 0.970. The summed E-state index contributed by atoms with van der Waals surface area (Å²) in [4.78, 5) is 1.12. The fraction of sp³-hybridized carbons (Fsp3) is 0. The first-order chi connectivity index (χ1) is 4.79. The maximum atomic E-state index is 6.89. The second-order valence-electron chi connectivity index (χ2n) is 1.80. The van der Waals surface area contributed by atoms with Gasteiger partial charge in [0.05, 0.1) is 0 Å². The molecule has 0 aliphatic rings. The van der Waals surface area contributed by atoms with E-state index in [1.54, 1.807) is 17.4 Å².